The van der Waals surface area contributed by atoms with E-state index < -0.39 is 0 Å². The number of aromatic nitrogens is 2. The van der Waals surface area contributed by atoms with E-state index in [0.29, 0.717) is 11.5 Å². The Kier molecular flexibility index (Phi) is 6.32. The fourth-order valence-corrected chi connectivity index (χ4v) is 6.73. The van der Waals surface area contributed by atoms with E-state index in [2.05, 4.69) is 137 Å². The minimum atomic E-state index is 0.707. The summed E-state index contributed by atoms with van der Waals surface area (Å²) >= 11 is 0. The average Bonchev–Trinajstić information content (AvgIpc) is 3.61. The third-order valence-electron chi connectivity index (χ3n) is 8.87. The van der Waals surface area contributed by atoms with Gasteiger partial charge in [0.1, 0.15) is 23.0 Å². The molecule has 4 heteroatoms. The largest absolute Gasteiger partial charge is 0.457 e. The maximum atomic E-state index is 6.46. The maximum absolute atomic E-state index is 6.46. The lowest BCUT2D eigenvalue weighted by molar-refractivity contribution is 0.461. The highest BCUT2D eigenvalue weighted by Gasteiger charge is 2.15. The van der Waals surface area contributed by atoms with Crippen LogP contribution in [0, 0.1) is 6.92 Å². The zero-order valence-electron chi connectivity index (χ0n) is 25.8. The summed E-state index contributed by atoms with van der Waals surface area (Å²) in [4.78, 5) is 0. The van der Waals surface area contributed by atoms with Crippen LogP contribution in [0.25, 0.3) is 55.0 Å². The molecule has 0 aliphatic heterocycles. The van der Waals surface area contributed by atoms with Gasteiger partial charge in [-0.3, -0.25) is 0 Å². The molecule has 0 atom stereocenters. The van der Waals surface area contributed by atoms with Crippen LogP contribution in [0.1, 0.15) is 5.56 Å². The van der Waals surface area contributed by atoms with Crippen molar-refractivity contribution in [3.8, 4) is 34.4 Å². The van der Waals surface area contributed by atoms with Crippen LogP contribution in [0.15, 0.2) is 164 Å². The van der Waals surface area contributed by atoms with Crippen molar-refractivity contribution in [3.63, 3.8) is 0 Å². The number of aryl methyl sites for hydroxylation is 1. The number of benzene rings is 7. The molecule has 9 aromatic rings. The normalized spacial score (nSPS) is 11.5. The van der Waals surface area contributed by atoms with Gasteiger partial charge in [-0.15, -0.1) is 0 Å². The minimum Gasteiger partial charge on any atom is -0.457 e. The van der Waals surface area contributed by atoms with E-state index in [4.69, 9.17) is 9.47 Å². The van der Waals surface area contributed by atoms with E-state index in [1.165, 1.54) is 38.1 Å². The number of nitrogens with zero attached hydrogens (tertiary/aromatic N) is 2. The topological polar surface area (TPSA) is 28.3 Å². The second-order valence-electron chi connectivity index (χ2n) is 11.9. The van der Waals surface area contributed by atoms with Gasteiger partial charge in [0.05, 0.1) is 22.1 Å². The summed E-state index contributed by atoms with van der Waals surface area (Å²) in [6, 6.07) is 56.6. The van der Waals surface area contributed by atoms with Crippen LogP contribution in [0.3, 0.4) is 0 Å². The van der Waals surface area contributed by atoms with Crippen molar-refractivity contribution in [3.05, 3.63) is 169 Å². The highest BCUT2D eigenvalue weighted by molar-refractivity contribution is 6.10. The summed E-state index contributed by atoms with van der Waals surface area (Å²) in [7, 11) is 0. The van der Waals surface area contributed by atoms with Crippen LogP contribution in [-0.4, -0.2) is 9.13 Å². The Hall–Kier alpha value is -6.26. The number of ether oxygens (including phenoxy) is 2. The van der Waals surface area contributed by atoms with Gasteiger partial charge in [-0.05, 0) is 79.7 Å². The van der Waals surface area contributed by atoms with Gasteiger partial charge in [0, 0.05) is 51.1 Å². The molecule has 0 bridgehead atoms. The number of fused-ring (bicyclic) bond motifs is 6. The fraction of sp³-hybridized carbons (Fsp3) is 0.0233. The Morgan fingerprint density at radius 3 is 1.34 bits per heavy atom. The molecule has 0 amide bonds. The summed E-state index contributed by atoms with van der Waals surface area (Å²) in [5.41, 5.74) is 8.00. The third-order valence-corrected chi connectivity index (χ3v) is 8.87. The second kappa shape index (κ2) is 11.0. The van der Waals surface area contributed by atoms with Crippen molar-refractivity contribution in [2.45, 2.75) is 6.92 Å². The van der Waals surface area contributed by atoms with Gasteiger partial charge >= 0.3 is 0 Å². The van der Waals surface area contributed by atoms with Crippen molar-refractivity contribution in [1.82, 2.24) is 9.13 Å². The van der Waals surface area contributed by atoms with E-state index in [-0.39, 0.29) is 0 Å². The Balaban J connectivity index is 1.06. The van der Waals surface area contributed by atoms with Crippen molar-refractivity contribution in [2.75, 3.05) is 0 Å². The van der Waals surface area contributed by atoms with E-state index in [1.807, 2.05) is 42.5 Å². The Morgan fingerprint density at radius 2 is 0.787 bits per heavy atom. The summed E-state index contributed by atoms with van der Waals surface area (Å²) in [6.45, 7) is 2.11. The average molecular weight is 607 g/mol. The molecule has 47 heavy (non-hydrogen) atoms. The van der Waals surface area contributed by atoms with Crippen molar-refractivity contribution in [2.24, 2.45) is 0 Å². The van der Waals surface area contributed by atoms with Crippen LogP contribution < -0.4 is 9.47 Å². The predicted octanol–water partition coefficient (Wildman–Crippen LogP) is 11.8. The second-order valence-corrected chi connectivity index (χ2v) is 11.9. The number of para-hydroxylation sites is 3. The summed E-state index contributed by atoms with van der Waals surface area (Å²) in [5, 5.41) is 4.81. The smallest absolute Gasteiger partial charge is 0.131 e. The van der Waals surface area contributed by atoms with Crippen molar-refractivity contribution in [1.29, 1.82) is 0 Å². The van der Waals surface area contributed by atoms with Crippen molar-refractivity contribution < 1.29 is 9.47 Å². The third kappa shape index (κ3) is 4.70. The lowest BCUT2D eigenvalue weighted by atomic mass is 10.1. The summed E-state index contributed by atoms with van der Waals surface area (Å²) < 4.78 is 17.5. The van der Waals surface area contributed by atoms with E-state index in [9.17, 15) is 0 Å². The molecular formula is C43H30N2O2. The molecule has 0 aliphatic rings. The highest BCUT2D eigenvalue weighted by atomic mass is 16.5. The molecule has 0 spiro atoms. The van der Waals surface area contributed by atoms with Gasteiger partial charge < -0.3 is 18.6 Å². The zero-order valence-corrected chi connectivity index (χ0v) is 25.8. The van der Waals surface area contributed by atoms with Gasteiger partial charge in [0.2, 0.25) is 0 Å². The zero-order chi connectivity index (χ0) is 31.3. The Bertz CT molecular complexity index is 2580. The van der Waals surface area contributed by atoms with Gasteiger partial charge in [-0.25, -0.2) is 0 Å². The molecule has 2 heterocycles. The van der Waals surface area contributed by atoms with Crippen molar-refractivity contribution >= 4 is 43.6 Å². The molecule has 0 unspecified atom stereocenters. The maximum Gasteiger partial charge on any atom is 0.131 e. The molecule has 2 aromatic heterocycles. The Labute approximate surface area is 272 Å². The molecule has 0 aliphatic carbocycles. The number of rotatable bonds is 6. The molecule has 4 nitrogen and oxygen atoms in total. The van der Waals surface area contributed by atoms with Crippen LogP contribution >= 0.6 is 0 Å². The first-order valence-corrected chi connectivity index (χ1v) is 15.8. The van der Waals surface area contributed by atoms with Crippen LogP contribution in [0.5, 0.6) is 23.0 Å². The summed E-state index contributed by atoms with van der Waals surface area (Å²) in [5.74, 6) is 2.94. The minimum absolute atomic E-state index is 0.707. The molecule has 9 rings (SSSR count). The lowest BCUT2D eigenvalue weighted by Crippen LogP contribution is -1.94. The SMILES string of the molecule is Cc1ccc(-n2c3ccccc3c3ccc(Oc4cccc(Oc5ccc6c7ccccc7n(-c7ccccc7)c6c5)c4)cc32)cc1. The first kappa shape index (κ1) is 27.1. The van der Waals surface area contributed by atoms with E-state index >= 15 is 0 Å². The number of hydrogen-bond donors (Lipinski definition) is 0. The number of hydrogen-bond acceptors (Lipinski definition) is 2. The molecule has 7 aromatic carbocycles. The van der Waals surface area contributed by atoms with Gasteiger partial charge in [-0.1, -0.05) is 78.4 Å². The van der Waals surface area contributed by atoms with Crippen LogP contribution in [-0.2, 0) is 0 Å². The van der Waals surface area contributed by atoms with E-state index in [1.54, 1.807) is 0 Å². The monoisotopic (exact) mass is 606 g/mol. The van der Waals surface area contributed by atoms with Gasteiger partial charge in [0.15, 0.2) is 0 Å². The molecular weight excluding hydrogens is 576 g/mol. The quantitative estimate of drug-likeness (QED) is 0.188. The first-order valence-electron chi connectivity index (χ1n) is 15.8. The molecule has 224 valence electrons. The predicted molar refractivity (Wildman–Crippen MR) is 193 cm³/mol. The molecule has 0 radical (unpaired) electrons. The van der Waals surface area contributed by atoms with E-state index in [0.717, 1.165) is 33.9 Å². The Morgan fingerprint density at radius 1 is 0.340 bits per heavy atom. The molecule has 0 N–H and O–H groups in total. The van der Waals surface area contributed by atoms with Crippen LogP contribution in [0.2, 0.25) is 0 Å². The lowest BCUT2D eigenvalue weighted by Gasteiger charge is -2.12. The van der Waals surface area contributed by atoms with Gasteiger partial charge in [-0.2, -0.15) is 0 Å². The van der Waals surface area contributed by atoms with Gasteiger partial charge in [0.25, 0.3) is 0 Å². The standard InChI is InChI=1S/C43H30N2O2/c1-29-18-20-31(21-19-29)45-41-17-8-6-15-37(41)39-25-23-35(28-43(39)45)47-33-13-9-12-32(26-33)46-34-22-24-38-36-14-5-7-16-40(36)44(42(38)27-34)30-10-3-2-4-11-30/h2-28H,1H3. The molecule has 0 saturated heterocycles. The molecule has 0 saturated carbocycles. The summed E-state index contributed by atoms with van der Waals surface area (Å²) in [6.07, 6.45) is 0. The molecule has 0 fully saturated rings. The highest BCUT2D eigenvalue weighted by Crippen LogP contribution is 2.38. The van der Waals surface area contributed by atoms with Crippen LogP contribution in [0.4, 0.5) is 0 Å². The fourth-order valence-electron chi connectivity index (χ4n) is 6.73. The first-order chi connectivity index (χ1) is 23.2.